The number of benzene rings is 1. The predicted octanol–water partition coefficient (Wildman–Crippen LogP) is 1.31. The quantitative estimate of drug-likeness (QED) is 0.735. The van der Waals surface area contributed by atoms with Gasteiger partial charge in [0.1, 0.15) is 6.29 Å². The number of aldehydes is 1. The summed E-state index contributed by atoms with van der Waals surface area (Å²) in [5.74, 6) is 0.0337. The van der Waals surface area contributed by atoms with Gasteiger partial charge in [0.05, 0.1) is 7.11 Å². The molecule has 0 aliphatic rings. The summed E-state index contributed by atoms with van der Waals surface area (Å²) in [6, 6.07) is 2.91. The van der Waals surface area contributed by atoms with Crippen molar-refractivity contribution < 1.29 is 19.7 Å². The molecule has 15 heavy (non-hydrogen) atoms. The van der Waals surface area contributed by atoms with Gasteiger partial charge in [0.25, 0.3) is 0 Å². The van der Waals surface area contributed by atoms with Crippen LogP contribution in [0.5, 0.6) is 11.5 Å². The van der Waals surface area contributed by atoms with Crippen LogP contribution in [0.1, 0.15) is 28.8 Å². The molecule has 1 aromatic rings. The Balaban J connectivity index is 3.27. The third-order valence-corrected chi connectivity index (χ3v) is 2.32. The first kappa shape index (κ1) is 11.5. The molecular weight excluding hydrogens is 196 g/mol. The molecule has 82 valence electrons. The SMILES string of the molecule is COc1cc(C=O)c(C(C)CO)cc1O. The smallest absolute Gasteiger partial charge is 0.161 e. The van der Waals surface area contributed by atoms with Gasteiger partial charge in [-0.2, -0.15) is 0 Å². The van der Waals surface area contributed by atoms with Gasteiger partial charge < -0.3 is 14.9 Å². The fourth-order valence-corrected chi connectivity index (χ4v) is 1.39. The second-order valence-electron chi connectivity index (χ2n) is 3.35. The van der Waals surface area contributed by atoms with Gasteiger partial charge in [-0.1, -0.05) is 6.92 Å². The summed E-state index contributed by atoms with van der Waals surface area (Å²) in [5.41, 5.74) is 1.04. The van der Waals surface area contributed by atoms with E-state index < -0.39 is 0 Å². The molecule has 0 aliphatic carbocycles. The van der Waals surface area contributed by atoms with Crippen molar-refractivity contribution >= 4 is 6.29 Å². The third kappa shape index (κ3) is 2.27. The Labute approximate surface area is 88.1 Å². The molecule has 1 aromatic carbocycles. The van der Waals surface area contributed by atoms with E-state index in [2.05, 4.69) is 0 Å². The van der Waals surface area contributed by atoms with Crippen LogP contribution in [0.25, 0.3) is 0 Å². The van der Waals surface area contributed by atoms with Crippen molar-refractivity contribution in [2.75, 3.05) is 13.7 Å². The predicted molar refractivity (Wildman–Crippen MR) is 55.5 cm³/mol. The van der Waals surface area contributed by atoms with Crippen LogP contribution in [0.4, 0.5) is 0 Å². The van der Waals surface area contributed by atoms with Gasteiger partial charge >= 0.3 is 0 Å². The number of phenolic OH excluding ortho intramolecular Hbond substituents is 1. The Morgan fingerprint density at radius 3 is 2.67 bits per heavy atom. The normalized spacial score (nSPS) is 12.2. The highest BCUT2D eigenvalue weighted by Crippen LogP contribution is 2.32. The Kier molecular flexibility index (Phi) is 3.68. The Hall–Kier alpha value is -1.55. The number of aliphatic hydroxyl groups is 1. The first-order chi connectivity index (χ1) is 7.13. The highest BCUT2D eigenvalue weighted by molar-refractivity contribution is 5.79. The molecule has 2 N–H and O–H groups in total. The van der Waals surface area contributed by atoms with E-state index in [0.29, 0.717) is 17.4 Å². The zero-order valence-electron chi connectivity index (χ0n) is 8.73. The zero-order chi connectivity index (χ0) is 11.4. The van der Waals surface area contributed by atoms with E-state index >= 15 is 0 Å². The van der Waals surface area contributed by atoms with E-state index in [0.717, 1.165) is 0 Å². The minimum Gasteiger partial charge on any atom is -0.504 e. The highest BCUT2D eigenvalue weighted by Gasteiger charge is 2.13. The van der Waals surface area contributed by atoms with Crippen molar-refractivity contribution in [3.8, 4) is 11.5 Å². The van der Waals surface area contributed by atoms with Crippen LogP contribution in [0.15, 0.2) is 12.1 Å². The largest absolute Gasteiger partial charge is 0.504 e. The molecule has 1 rings (SSSR count). The molecule has 0 aliphatic heterocycles. The standard InChI is InChI=1S/C11H14O4/c1-7(5-12)9-4-10(14)11(15-2)3-8(9)6-13/h3-4,6-7,12,14H,5H2,1-2H3. The number of methoxy groups -OCH3 is 1. The lowest BCUT2D eigenvalue weighted by atomic mass is 9.96. The van der Waals surface area contributed by atoms with Crippen LogP contribution in [-0.4, -0.2) is 30.2 Å². The lowest BCUT2D eigenvalue weighted by molar-refractivity contribution is 0.112. The molecule has 1 unspecified atom stereocenters. The number of aliphatic hydroxyl groups excluding tert-OH is 1. The zero-order valence-corrected chi connectivity index (χ0v) is 8.73. The van der Waals surface area contributed by atoms with Crippen LogP contribution in [0.2, 0.25) is 0 Å². The second kappa shape index (κ2) is 4.79. The Morgan fingerprint density at radius 1 is 1.53 bits per heavy atom. The summed E-state index contributed by atoms with van der Waals surface area (Å²) in [6.45, 7) is 1.70. The average molecular weight is 210 g/mol. The van der Waals surface area contributed by atoms with Crippen molar-refractivity contribution in [3.05, 3.63) is 23.3 Å². The van der Waals surface area contributed by atoms with Gasteiger partial charge in [-0.15, -0.1) is 0 Å². The number of hydrogen-bond acceptors (Lipinski definition) is 4. The first-order valence-corrected chi connectivity index (χ1v) is 4.61. The number of ether oxygens (including phenoxy) is 1. The molecule has 0 fully saturated rings. The van der Waals surface area contributed by atoms with Crippen LogP contribution in [-0.2, 0) is 0 Å². The molecule has 0 aromatic heterocycles. The summed E-state index contributed by atoms with van der Waals surface area (Å²) in [5, 5.41) is 18.5. The van der Waals surface area contributed by atoms with E-state index in [4.69, 9.17) is 9.84 Å². The molecule has 0 saturated carbocycles. The summed E-state index contributed by atoms with van der Waals surface area (Å²) >= 11 is 0. The summed E-state index contributed by atoms with van der Waals surface area (Å²) in [6.07, 6.45) is 0.684. The number of phenols is 1. The van der Waals surface area contributed by atoms with Gasteiger partial charge in [0, 0.05) is 18.1 Å². The Morgan fingerprint density at radius 2 is 2.20 bits per heavy atom. The molecule has 4 heteroatoms. The molecular formula is C11H14O4. The van der Waals surface area contributed by atoms with Crippen LogP contribution >= 0.6 is 0 Å². The van der Waals surface area contributed by atoms with E-state index in [-0.39, 0.29) is 24.0 Å². The van der Waals surface area contributed by atoms with Crippen molar-refractivity contribution in [1.29, 1.82) is 0 Å². The van der Waals surface area contributed by atoms with Crippen molar-refractivity contribution in [2.24, 2.45) is 0 Å². The molecule has 0 saturated heterocycles. The molecule has 0 heterocycles. The van der Waals surface area contributed by atoms with Gasteiger partial charge in [-0.25, -0.2) is 0 Å². The topological polar surface area (TPSA) is 66.8 Å². The number of aromatic hydroxyl groups is 1. The third-order valence-electron chi connectivity index (χ3n) is 2.32. The fourth-order valence-electron chi connectivity index (χ4n) is 1.39. The molecule has 4 nitrogen and oxygen atoms in total. The summed E-state index contributed by atoms with van der Waals surface area (Å²) in [7, 11) is 1.42. The second-order valence-corrected chi connectivity index (χ2v) is 3.35. The maximum atomic E-state index is 10.8. The van der Waals surface area contributed by atoms with E-state index in [1.807, 2.05) is 0 Å². The number of hydrogen-bond donors (Lipinski definition) is 2. The lowest BCUT2D eigenvalue weighted by Crippen LogP contribution is -2.03. The van der Waals surface area contributed by atoms with E-state index in [1.165, 1.54) is 19.2 Å². The van der Waals surface area contributed by atoms with Crippen LogP contribution in [0, 0.1) is 0 Å². The Bertz CT molecular complexity index is 360. The summed E-state index contributed by atoms with van der Waals surface area (Å²) in [4.78, 5) is 10.8. The van der Waals surface area contributed by atoms with Crippen molar-refractivity contribution in [1.82, 2.24) is 0 Å². The number of rotatable bonds is 4. The van der Waals surface area contributed by atoms with Crippen molar-refractivity contribution in [2.45, 2.75) is 12.8 Å². The van der Waals surface area contributed by atoms with Gasteiger partial charge in [0.15, 0.2) is 11.5 Å². The minimum atomic E-state index is -0.193. The first-order valence-electron chi connectivity index (χ1n) is 4.61. The highest BCUT2D eigenvalue weighted by atomic mass is 16.5. The van der Waals surface area contributed by atoms with Crippen LogP contribution < -0.4 is 4.74 Å². The maximum Gasteiger partial charge on any atom is 0.161 e. The number of carbonyl (C=O) groups is 1. The molecule has 0 bridgehead atoms. The fraction of sp³-hybridized carbons (Fsp3) is 0.364. The maximum absolute atomic E-state index is 10.8. The molecule has 0 amide bonds. The molecule has 1 atom stereocenters. The minimum absolute atomic E-state index is 0.0293. The summed E-state index contributed by atoms with van der Waals surface area (Å²) < 4.78 is 4.88. The molecule has 0 radical (unpaired) electrons. The average Bonchev–Trinajstić information content (AvgIpc) is 2.27. The monoisotopic (exact) mass is 210 g/mol. The van der Waals surface area contributed by atoms with E-state index in [1.54, 1.807) is 6.92 Å². The van der Waals surface area contributed by atoms with Crippen molar-refractivity contribution in [3.63, 3.8) is 0 Å². The van der Waals surface area contributed by atoms with E-state index in [9.17, 15) is 9.90 Å². The van der Waals surface area contributed by atoms with Gasteiger partial charge in [-0.3, -0.25) is 4.79 Å². The lowest BCUT2D eigenvalue weighted by Gasteiger charge is -2.13. The number of carbonyl (C=O) groups excluding carboxylic acids is 1. The van der Waals surface area contributed by atoms with Gasteiger partial charge in [-0.05, 0) is 17.7 Å². The van der Waals surface area contributed by atoms with Gasteiger partial charge in [0.2, 0.25) is 0 Å². The molecule has 0 spiro atoms. The van der Waals surface area contributed by atoms with Crippen LogP contribution in [0.3, 0.4) is 0 Å².